The molecule has 0 saturated heterocycles. The summed E-state index contributed by atoms with van der Waals surface area (Å²) in [4.78, 5) is 16.3. The zero-order valence-electron chi connectivity index (χ0n) is 12.3. The van der Waals surface area contributed by atoms with Crippen LogP contribution in [-0.4, -0.2) is 17.4 Å². The smallest absolute Gasteiger partial charge is 0.269 e. The van der Waals surface area contributed by atoms with Crippen LogP contribution in [0.4, 0.5) is 5.69 Å². The van der Waals surface area contributed by atoms with Gasteiger partial charge in [-0.3, -0.25) is 4.79 Å². The van der Waals surface area contributed by atoms with Crippen LogP contribution >= 0.6 is 0 Å². The van der Waals surface area contributed by atoms with E-state index in [0.717, 1.165) is 24.3 Å². The first-order valence-corrected chi connectivity index (χ1v) is 8.12. The molecule has 0 aromatic carbocycles. The largest absolute Gasteiger partial charge is 0.397 e. The molecule has 4 fully saturated rings. The Kier molecular flexibility index (Phi) is 2.95. The second-order valence-electron chi connectivity index (χ2n) is 7.58. The van der Waals surface area contributed by atoms with E-state index in [2.05, 4.69) is 10.3 Å². The van der Waals surface area contributed by atoms with Gasteiger partial charge in [0.1, 0.15) is 5.69 Å². The van der Waals surface area contributed by atoms with Crippen molar-refractivity contribution in [2.75, 3.05) is 12.3 Å². The van der Waals surface area contributed by atoms with Crippen LogP contribution in [0.3, 0.4) is 0 Å². The molecule has 1 aromatic heterocycles. The molecule has 4 saturated carbocycles. The van der Waals surface area contributed by atoms with Gasteiger partial charge in [0, 0.05) is 6.54 Å². The Labute approximate surface area is 125 Å². The van der Waals surface area contributed by atoms with Crippen molar-refractivity contribution < 1.29 is 4.79 Å². The lowest BCUT2D eigenvalue weighted by atomic mass is 9.49. The van der Waals surface area contributed by atoms with E-state index in [4.69, 9.17) is 5.73 Å². The van der Waals surface area contributed by atoms with Crippen LogP contribution in [0.25, 0.3) is 0 Å². The average Bonchev–Trinajstić information content (AvgIpc) is 2.44. The first-order valence-electron chi connectivity index (χ1n) is 8.12. The Morgan fingerprint density at radius 1 is 1.19 bits per heavy atom. The molecule has 1 amide bonds. The van der Waals surface area contributed by atoms with E-state index in [9.17, 15) is 4.79 Å². The summed E-state index contributed by atoms with van der Waals surface area (Å²) in [6.45, 7) is 0.821. The third-order valence-electron chi connectivity index (χ3n) is 5.81. The number of carbonyl (C=O) groups is 1. The monoisotopic (exact) mass is 285 g/mol. The zero-order chi connectivity index (χ0) is 14.4. The summed E-state index contributed by atoms with van der Waals surface area (Å²) < 4.78 is 0. The Balaban J connectivity index is 1.42. The molecular formula is C17H23N3O. The fraction of sp³-hybridized carbons (Fsp3) is 0.647. The third-order valence-corrected chi connectivity index (χ3v) is 5.81. The Morgan fingerprint density at radius 3 is 2.33 bits per heavy atom. The lowest BCUT2D eigenvalue weighted by Gasteiger charge is -2.56. The summed E-state index contributed by atoms with van der Waals surface area (Å²) in [5, 5.41) is 3.13. The van der Waals surface area contributed by atoms with Gasteiger partial charge in [0.2, 0.25) is 0 Å². The van der Waals surface area contributed by atoms with Gasteiger partial charge in [0.15, 0.2) is 0 Å². The van der Waals surface area contributed by atoms with Gasteiger partial charge in [-0.1, -0.05) is 0 Å². The molecule has 0 radical (unpaired) electrons. The summed E-state index contributed by atoms with van der Waals surface area (Å²) in [5.41, 5.74) is 7.04. The molecule has 0 unspecified atom stereocenters. The number of pyridine rings is 1. The van der Waals surface area contributed by atoms with Crippen molar-refractivity contribution in [3.05, 3.63) is 24.0 Å². The lowest BCUT2D eigenvalue weighted by Crippen LogP contribution is -2.51. The molecule has 1 aromatic rings. The molecule has 3 N–H and O–H groups in total. The van der Waals surface area contributed by atoms with Crippen LogP contribution in [-0.2, 0) is 0 Å². The first kappa shape index (κ1) is 13.1. The fourth-order valence-electron chi connectivity index (χ4n) is 5.40. The Hall–Kier alpha value is -1.58. The van der Waals surface area contributed by atoms with Crippen molar-refractivity contribution in [1.82, 2.24) is 10.3 Å². The summed E-state index contributed by atoms with van der Waals surface area (Å²) in [7, 11) is 0. The molecular weight excluding hydrogens is 262 g/mol. The predicted molar refractivity (Wildman–Crippen MR) is 81.6 cm³/mol. The SMILES string of the molecule is Nc1ccc(C(=O)NCC23CC4CC(CC(C4)C2)C3)nc1. The molecule has 4 aliphatic rings. The van der Waals surface area contributed by atoms with E-state index >= 15 is 0 Å². The molecule has 4 heteroatoms. The van der Waals surface area contributed by atoms with Crippen molar-refractivity contribution in [2.24, 2.45) is 23.2 Å². The first-order chi connectivity index (χ1) is 10.1. The molecule has 0 atom stereocenters. The normalized spacial score (nSPS) is 36.7. The number of aromatic nitrogens is 1. The van der Waals surface area contributed by atoms with Crippen molar-refractivity contribution in [3.63, 3.8) is 0 Å². The standard InChI is InChI=1S/C17H23N3O/c18-14-1-2-15(19-9-14)16(21)20-10-17-6-11-3-12(7-17)5-13(4-11)8-17/h1-2,9,11-13H,3-8,10,18H2,(H,20,21). The molecule has 4 bridgehead atoms. The van der Waals surface area contributed by atoms with E-state index in [1.165, 1.54) is 38.5 Å². The predicted octanol–water partition coefficient (Wildman–Crippen LogP) is 2.61. The van der Waals surface area contributed by atoms with Crippen LogP contribution in [0, 0.1) is 23.2 Å². The summed E-state index contributed by atoms with van der Waals surface area (Å²) in [5.74, 6) is 2.69. The van der Waals surface area contributed by atoms with Gasteiger partial charge >= 0.3 is 0 Å². The van der Waals surface area contributed by atoms with Gasteiger partial charge in [-0.25, -0.2) is 4.98 Å². The van der Waals surface area contributed by atoms with Gasteiger partial charge in [-0.2, -0.15) is 0 Å². The number of nitrogens with zero attached hydrogens (tertiary/aromatic N) is 1. The number of nitrogens with one attached hydrogen (secondary N) is 1. The van der Waals surface area contributed by atoms with Crippen LogP contribution in [0.1, 0.15) is 49.0 Å². The maximum absolute atomic E-state index is 12.2. The molecule has 5 rings (SSSR count). The average molecular weight is 285 g/mol. The second kappa shape index (κ2) is 4.72. The van der Waals surface area contributed by atoms with Crippen molar-refractivity contribution in [2.45, 2.75) is 38.5 Å². The lowest BCUT2D eigenvalue weighted by molar-refractivity contribution is -0.0503. The van der Waals surface area contributed by atoms with E-state index in [0.29, 0.717) is 16.8 Å². The highest BCUT2D eigenvalue weighted by Gasteiger charge is 2.50. The molecule has 1 heterocycles. The molecule has 0 aliphatic heterocycles. The molecule has 4 aliphatic carbocycles. The minimum absolute atomic E-state index is 0.0641. The highest BCUT2D eigenvalue weighted by atomic mass is 16.1. The second-order valence-corrected chi connectivity index (χ2v) is 7.58. The van der Waals surface area contributed by atoms with Crippen LogP contribution in [0.2, 0.25) is 0 Å². The van der Waals surface area contributed by atoms with Crippen LogP contribution in [0.5, 0.6) is 0 Å². The molecule has 0 spiro atoms. The minimum Gasteiger partial charge on any atom is -0.397 e. The maximum Gasteiger partial charge on any atom is 0.269 e. The Morgan fingerprint density at radius 2 is 1.81 bits per heavy atom. The summed E-state index contributed by atoms with van der Waals surface area (Å²) in [6.07, 6.45) is 9.79. The zero-order valence-corrected chi connectivity index (χ0v) is 12.3. The Bertz CT molecular complexity index is 516. The van der Waals surface area contributed by atoms with Gasteiger partial charge < -0.3 is 11.1 Å². The topological polar surface area (TPSA) is 68.0 Å². The van der Waals surface area contributed by atoms with E-state index in [1.807, 2.05) is 0 Å². The summed E-state index contributed by atoms with van der Waals surface area (Å²) in [6, 6.07) is 3.43. The molecule has 112 valence electrons. The van der Waals surface area contributed by atoms with Gasteiger partial charge in [0.05, 0.1) is 11.9 Å². The van der Waals surface area contributed by atoms with Gasteiger partial charge in [0.25, 0.3) is 5.91 Å². The van der Waals surface area contributed by atoms with E-state index < -0.39 is 0 Å². The van der Waals surface area contributed by atoms with Gasteiger partial charge in [-0.15, -0.1) is 0 Å². The number of amides is 1. The highest BCUT2D eigenvalue weighted by Crippen LogP contribution is 2.59. The van der Waals surface area contributed by atoms with Gasteiger partial charge in [-0.05, 0) is 73.8 Å². The van der Waals surface area contributed by atoms with Crippen molar-refractivity contribution >= 4 is 11.6 Å². The highest BCUT2D eigenvalue weighted by molar-refractivity contribution is 5.92. The van der Waals surface area contributed by atoms with E-state index in [-0.39, 0.29) is 5.91 Å². The van der Waals surface area contributed by atoms with Crippen molar-refractivity contribution in [3.8, 4) is 0 Å². The third kappa shape index (κ3) is 2.41. The molecule has 21 heavy (non-hydrogen) atoms. The van der Waals surface area contributed by atoms with Crippen LogP contribution in [0.15, 0.2) is 18.3 Å². The molecule has 4 nitrogen and oxygen atoms in total. The number of nitrogen functional groups attached to an aromatic ring is 1. The van der Waals surface area contributed by atoms with E-state index in [1.54, 1.807) is 18.3 Å². The number of carbonyl (C=O) groups excluding carboxylic acids is 1. The number of rotatable bonds is 3. The fourth-order valence-corrected chi connectivity index (χ4v) is 5.40. The van der Waals surface area contributed by atoms with Crippen LogP contribution < -0.4 is 11.1 Å². The number of nitrogens with two attached hydrogens (primary N) is 1. The van der Waals surface area contributed by atoms with Crippen molar-refractivity contribution in [1.29, 1.82) is 0 Å². The quantitative estimate of drug-likeness (QED) is 0.897. The number of anilines is 1. The number of hydrogen-bond donors (Lipinski definition) is 2. The maximum atomic E-state index is 12.2. The minimum atomic E-state index is -0.0641. The number of hydrogen-bond acceptors (Lipinski definition) is 3. The summed E-state index contributed by atoms with van der Waals surface area (Å²) >= 11 is 0.